The minimum Gasteiger partial charge on any atom is -0.394 e. The van der Waals surface area contributed by atoms with E-state index in [1.54, 1.807) is 6.92 Å². The Bertz CT molecular complexity index is 146. The predicted molar refractivity (Wildman–Crippen MR) is 39.4 cm³/mol. The Hall–Kier alpha value is -0.200. The van der Waals surface area contributed by atoms with Crippen LogP contribution in [0.5, 0.6) is 0 Å². The van der Waals surface area contributed by atoms with Gasteiger partial charge in [-0.15, -0.1) is 0 Å². The van der Waals surface area contributed by atoms with E-state index in [-0.39, 0.29) is 6.61 Å². The van der Waals surface area contributed by atoms with Crippen LogP contribution >= 0.6 is 0 Å². The summed E-state index contributed by atoms with van der Waals surface area (Å²) >= 11 is 0. The van der Waals surface area contributed by atoms with Crippen LogP contribution in [0.15, 0.2) is 0 Å². The minimum atomic E-state index is -1.24. The van der Waals surface area contributed by atoms with Gasteiger partial charge in [-0.05, 0) is 6.92 Å². The summed E-state index contributed by atoms with van der Waals surface area (Å²) in [4.78, 5) is 0. The molecule has 0 radical (unpaired) electrons. The standard InChI is InChI=1S/C7H14O5/c1-3-5(9)7(11)6(10)4(2-8)12-3/h3-11H,2H2,1H3/t3-,4+,5?,6?,7?/m0/s1. The van der Waals surface area contributed by atoms with E-state index < -0.39 is 30.5 Å². The van der Waals surface area contributed by atoms with Crippen LogP contribution in [0.4, 0.5) is 0 Å². The molecule has 3 unspecified atom stereocenters. The summed E-state index contributed by atoms with van der Waals surface area (Å²) in [6.07, 6.45) is -4.94. The molecule has 1 rings (SSSR count). The first-order valence-electron chi connectivity index (χ1n) is 3.88. The van der Waals surface area contributed by atoms with Crippen LogP contribution in [0.3, 0.4) is 0 Å². The molecule has 0 bridgehead atoms. The van der Waals surface area contributed by atoms with Gasteiger partial charge in [-0.2, -0.15) is 0 Å². The molecular formula is C7H14O5. The lowest BCUT2D eigenvalue weighted by Gasteiger charge is -2.38. The van der Waals surface area contributed by atoms with Crippen LogP contribution in [0.25, 0.3) is 0 Å². The second kappa shape index (κ2) is 3.68. The summed E-state index contributed by atoms with van der Waals surface area (Å²) in [6, 6.07) is 0. The first-order chi connectivity index (χ1) is 5.57. The number of aliphatic hydroxyl groups is 4. The second-order valence-electron chi connectivity index (χ2n) is 3.03. The van der Waals surface area contributed by atoms with Crippen molar-refractivity contribution in [1.29, 1.82) is 0 Å². The van der Waals surface area contributed by atoms with Crippen molar-refractivity contribution in [3.05, 3.63) is 0 Å². The van der Waals surface area contributed by atoms with Crippen molar-refractivity contribution in [2.75, 3.05) is 6.61 Å². The molecule has 0 saturated carbocycles. The topological polar surface area (TPSA) is 90.2 Å². The molecule has 5 nitrogen and oxygen atoms in total. The van der Waals surface area contributed by atoms with Crippen molar-refractivity contribution in [3.63, 3.8) is 0 Å². The van der Waals surface area contributed by atoms with Crippen molar-refractivity contribution in [3.8, 4) is 0 Å². The van der Waals surface area contributed by atoms with Gasteiger partial charge in [0.25, 0.3) is 0 Å². The highest BCUT2D eigenvalue weighted by atomic mass is 16.5. The smallest absolute Gasteiger partial charge is 0.111 e. The average molecular weight is 178 g/mol. The van der Waals surface area contributed by atoms with Gasteiger partial charge in [0.1, 0.15) is 24.4 Å². The molecule has 1 aliphatic rings. The molecule has 0 aromatic carbocycles. The summed E-state index contributed by atoms with van der Waals surface area (Å²) in [5.41, 5.74) is 0. The zero-order chi connectivity index (χ0) is 9.30. The van der Waals surface area contributed by atoms with Gasteiger partial charge in [-0.25, -0.2) is 0 Å². The Balaban J connectivity index is 2.63. The van der Waals surface area contributed by atoms with Crippen LogP contribution in [0, 0.1) is 0 Å². The van der Waals surface area contributed by atoms with Crippen LogP contribution in [-0.2, 0) is 4.74 Å². The van der Waals surface area contributed by atoms with E-state index in [9.17, 15) is 15.3 Å². The molecule has 0 amide bonds. The SMILES string of the molecule is C[C@@H]1O[C@H](CO)C(O)C(O)C1O. The fourth-order valence-electron chi connectivity index (χ4n) is 1.29. The molecule has 5 atom stereocenters. The van der Waals surface area contributed by atoms with Gasteiger partial charge in [-0.1, -0.05) is 0 Å². The fourth-order valence-corrected chi connectivity index (χ4v) is 1.29. The molecule has 1 heterocycles. The lowest BCUT2D eigenvalue weighted by atomic mass is 9.96. The summed E-state index contributed by atoms with van der Waals surface area (Å²) in [6.45, 7) is 1.21. The second-order valence-corrected chi connectivity index (χ2v) is 3.03. The minimum absolute atomic E-state index is 0.366. The maximum Gasteiger partial charge on any atom is 0.111 e. The van der Waals surface area contributed by atoms with Crippen LogP contribution in [0.2, 0.25) is 0 Å². The quantitative estimate of drug-likeness (QED) is 0.367. The van der Waals surface area contributed by atoms with E-state index in [0.717, 1.165) is 0 Å². The summed E-state index contributed by atoms with van der Waals surface area (Å²) < 4.78 is 5.02. The van der Waals surface area contributed by atoms with E-state index in [0.29, 0.717) is 0 Å². The van der Waals surface area contributed by atoms with Gasteiger partial charge in [0.15, 0.2) is 0 Å². The Morgan fingerprint density at radius 2 is 1.67 bits per heavy atom. The summed E-state index contributed by atoms with van der Waals surface area (Å²) in [5, 5.41) is 36.4. The molecule has 0 aromatic rings. The van der Waals surface area contributed by atoms with Crippen LogP contribution in [0.1, 0.15) is 6.92 Å². The number of hydrogen-bond donors (Lipinski definition) is 4. The van der Waals surface area contributed by atoms with E-state index in [1.807, 2.05) is 0 Å². The van der Waals surface area contributed by atoms with E-state index in [4.69, 9.17) is 9.84 Å². The van der Waals surface area contributed by atoms with Crippen molar-refractivity contribution in [2.45, 2.75) is 37.4 Å². The molecule has 72 valence electrons. The Labute approximate surface area is 70.2 Å². The summed E-state index contributed by atoms with van der Waals surface area (Å²) in [5.74, 6) is 0. The molecule has 0 aliphatic carbocycles. The Morgan fingerprint density at radius 1 is 1.08 bits per heavy atom. The van der Waals surface area contributed by atoms with Gasteiger partial charge < -0.3 is 25.2 Å². The summed E-state index contributed by atoms with van der Waals surface area (Å²) in [7, 11) is 0. The largest absolute Gasteiger partial charge is 0.394 e. The molecule has 1 aliphatic heterocycles. The van der Waals surface area contributed by atoms with Gasteiger partial charge in [0.2, 0.25) is 0 Å². The average Bonchev–Trinajstić information content (AvgIpc) is 2.08. The fraction of sp³-hybridized carbons (Fsp3) is 1.00. The molecule has 1 fully saturated rings. The Morgan fingerprint density at radius 3 is 2.17 bits per heavy atom. The zero-order valence-electron chi connectivity index (χ0n) is 6.79. The van der Waals surface area contributed by atoms with Crippen molar-refractivity contribution in [2.24, 2.45) is 0 Å². The highest BCUT2D eigenvalue weighted by Crippen LogP contribution is 2.20. The van der Waals surface area contributed by atoms with Gasteiger partial charge in [-0.3, -0.25) is 0 Å². The van der Waals surface area contributed by atoms with Crippen LogP contribution < -0.4 is 0 Å². The number of ether oxygens (including phenoxy) is 1. The zero-order valence-corrected chi connectivity index (χ0v) is 6.79. The molecule has 1 saturated heterocycles. The highest BCUT2D eigenvalue weighted by molar-refractivity contribution is 4.89. The maximum atomic E-state index is 9.23. The molecule has 12 heavy (non-hydrogen) atoms. The van der Waals surface area contributed by atoms with E-state index in [2.05, 4.69) is 0 Å². The van der Waals surface area contributed by atoms with Gasteiger partial charge >= 0.3 is 0 Å². The van der Waals surface area contributed by atoms with Gasteiger partial charge in [0.05, 0.1) is 12.7 Å². The van der Waals surface area contributed by atoms with Crippen molar-refractivity contribution >= 4 is 0 Å². The van der Waals surface area contributed by atoms with E-state index in [1.165, 1.54) is 0 Å². The molecule has 4 N–H and O–H groups in total. The maximum absolute atomic E-state index is 9.23. The number of hydrogen-bond acceptors (Lipinski definition) is 5. The highest BCUT2D eigenvalue weighted by Gasteiger charge is 2.41. The number of aliphatic hydroxyl groups excluding tert-OH is 4. The molecule has 5 heteroatoms. The predicted octanol–water partition coefficient (Wildman–Crippen LogP) is -2.15. The lowest BCUT2D eigenvalue weighted by molar-refractivity contribution is -0.224. The van der Waals surface area contributed by atoms with Crippen LogP contribution in [-0.4, -0.2) is 57.6 Å². The number of rotatable bonds is 1. The third-order valence-electron chi connectivity index (χ3n) is 2.13. The normalized spacial score (nSPS) is 49.2. The van der Waals surface area contributed by atoms with E-state index >= 15 is 0 Å². The Kier molecular flexibility index (Phi) is 3.03. The molecule has 0 aromatic heterocycles. The molecule has 0 spiro atoms. The third-order valence-corrected chi connectivity index (χ3v) is 2.13. The van der Waals surface area contributed by atoms with Gasteiger partial charge in [0, 0.05) is 0 Å². The van der Waals surface area contributed by atoms with Crippen molar-refractivity contribution in [1.82, 2.24) is 0 Å². The first-order valence-corrected chi connectivity index (χ1v) is 3.88. The third kappa shape index (κ3) is 1.60. The lowest BCUT2D eigenvalue weighted by Crippen LogP contribution is -2.57. The van der Waals surface area contributed by atoms with Crippen molar-refractivity contribution < 1.29 is 25.2 Å². The monoisotopic (exact) mass is 178 g/mol. The first kappa shape index (κ1) is 9.88. The molecular weight excluding hydrogens is 164 g/mol.